The average molecular weight is 178 g/mol. The standard InChI is InChI=1S/C9H8NOS/c1-2-9(11)10-7-5-3-4-6-8(7)12/h2-6H,1H2,(H,10,11). The Bertz CT molecular complexity index is 309. The minimum atomic E-state index is -0.243. The van der Waals surface area contributed by atoms with E-state index >= 15 is 0 Å². The maximum Gasteiger partial charge on any atom is 0.247 e. The molecule has 0 spiro atoms. The van der Waals surface area contributed by atoms with Crippen molar-refractivity contribution in [2.75, 3.05) is 5.32 Å². The minimum absolute atomic E-state index is 0.243. The Morgan fingerprint density at radius 3 is 2.75 bits per heavy atom. The number of amides is 1. The molecule has 0 aliphatic carbocycles. The lowest BCUT2D eigenvalue weighted by molar-refractivity contribution is -0.111. The van der Waals surface area contributed by atoms with Gasteiger partial charge in [-0.05, 0) is 18.2 Å². The van der Waals surface area contributed by atoms with E-state index in [1.807, 2.05) is 12.1 Å². The van der Waals surface area contributed by atoms with Crippen LogP contribution in [0.5, 0.6) is 0 Å². The molecule has 0 aliphatic heterocycles. The quantitative estimate of drug-likeness (QED) is 0.692. The zero-order valence-electron chi connectivity index (χ0n) is 6.41. The van der Waals surface area contributed by atoms with Gasteiger partial charge in [0.25, 0.3) is 0 Å². The smallest absolute Gasteiger partial charge is 0.247 e. The van der Waals surface area contributed by atoms with Crippen molar-refractivity contribution < 1.29 is 4.79 Å². The molecule has 1 amide bonds. The van der Waals surface area contributed by atoms with E-state index in [4.69, 9.17) is 12.6 Å². The summed E-state index contributed by atoms with van der Waals surface area (Å²) in [5, 5.41) is 2.60. The minimum Gasteiger partial charge on any atom is -0.321 e. The monoisotopic (exact) mass is 178 g/mol. The van der Waals surface area contributed by atoms with E-state index in [1.165, 1.54) is 6.08 Å². The van der Waals surface area contributed by atoms with Crippen LogP contribution in [0.3, 0.4) is 0 Å². The predicted octanol–water partition coefficient (Wildman–Crippen LogP) is 2.37. The third-order valence-electron chi connectivity index (χ3n) is 1.33. The van der Waals surface area contributed by atoms with Crippen molar-refractivity contribution in [1.82, 2.24) is 0 Å². The van der Waals surface area contributed by atoms with Crippen molar-refractivity contribution in [2.45, 2.75) is 4.90 Å². The number of benzene rings is 1. The SMILES string of the molecule is C=CC(=O)Nc1ccccc1[S]. The second-order valence-corrected chi connectivity index (χ2v) is 2.63. The molecule has 1 rings (SSSR count). The van der Waals surface area contributed by atoms with Crippen molar-refractivity contribution in [1.29, 1.82) is 0 Å². The van der Waals surface area contributed by atoms with Gasteiger partial charge in [-0.1, -0.05) is 31.3 Å². The lowest BCUT2D eigenvalue weighted by atomic mass is 10.3. The molecule has 2 nitrogen and oxygen atoms in total. The first-order valence-corrected chi connectivity index (χ1v) is 3.84. The number of carbonyl (C=O) groups excluding carboxylic acids is 1. The van der Waals surface area contributed by atoms with Gasteiger partial charge in [0.1, 0.15) is 0 Å². The van der Waals surface area contributed by atoms with Crippen LogP contribution in [0.1, 0.15) is 0 Å². The van der Waals surface area contributed by atoms with Crippen molar-refractivity contribution in [3.63, 3.8) is 0 Å². The van der Waals surface area contributed by atoms with Gasteiger partial charge in [0.2, 0.25) is 5.91 Å². The normalized spacial score (nSPS) is 9.00. The molecule has 0 saturated carbocycles. The molecule has 0 aliphatic rings. The number of nitrogens with one attached hydrogen (secondary N) is 1. The van der Waals surface area contributed by atoms with E-state index in [0.29, 0.717) is 10.6 Å². The zero-order chi connectivity index (χ0) is 8.97. The molecule has 61 valence electrons. The van der Waals surface area contributed by atoms with Crippen LogP contribution in [-0.2, 0) is 4.79 Å². The van der Waals surface area contributed by atoms with Gasteiger partial charge >= 0.3 is 0 Å². The van der Waals surface area contributed by atoms with Crippen LogP contribution >= 0.6 is 12.6 Å². The van der Waals surface area contributed by atoms with Crippen LogP contribution in [0.4, 0.5) is 5.69 Å². The number of hydrogen-bond donors (Lipinski definition) is 1. The first kappa shape index (κ1) is 8.74. The molecule has 3 heteroatoms. The molecule has 0 bridgehead atoms. The summed E-state index contributed by atoms with van der Waals surface area (Å²) in [5.41, 5.74) is 0.650. The van der Waals surface area contributed by atoms with Gasteiger partial charge < -0.3 is 5.32 Å². The van der Waals surface area contributed by atoms with Crippen LogP contribution in [0, 0.1) is 0 Å². The van der Waals surface area contributed by atoms with Crippen LogP contribution in [0.2, 0.25) is 0 Å². The van der Waals surface area contributed by atoms with E-state index in [2.05, 4.69) is 11.9 Å². The fourth-order valence-electron chi connectivity index (χ4n) is 0.754. The van der Waals surface area contributed by atoms with Gasteiger partial charge in [-0.25, -0.2) is 0 Å². The number of anilines is 1. The average Bonchev–Trinajstić information content (AvgIpc) is 2.09. The first-order chi connectivity index (χ1) is 5.74. The lowest BCUT2D eigenvalue weighted by Gasteiger charge is -2.02. The number of para-hydroxylation sites is 1. The fraction of sp³-hybridized carbons (Fsp3) is 0. The third kappa shape index (κ3) is 2.07. The molecule has 0 aromatic heterocycles. The third-order valence-corrected chi connectivity index (χ3v) is 1.69. The molecule has 0 heterocycles. The highest BCUT2D eigenvalue weighted by Gasteiger charge is 1.99. The fourth-order valence-corrected chi connectivity index (χ4v) is 0.951. The summed E-state index contributed by atoms with van der Waals surface area (Å²) >= 11 is 4.97. The summed E-state index contributed by atoms with van der Waals surface area (Å²) in [6.45, 7) is 3.34. The van der Waals surface area contributed by atoms with Gasteiger partial charge in [0.05, 0.1) is 10.6 Å². The van der Waals surface area contributed by atoms with E-state index < -0.39 is 0 Å². The Hall–Kier alpha value is -1.35. The van der Waals surface area contributed by atoms with E-state index in [9.17, 15) is 4.79 Å². The highest BCUT2D eigenvalue weighted by molar-refractivity contribution is 7.80. The molecule has 1 N–H and O–H groups in total. The van der Waals surface area contributed by atoms with Gasteiger partial charge in [0, 0.05) is 0 Å². The van der Waals surface area contributed by atoms with Crippen LogP contribution in [-0.4, -0.2) is 5.91 Å². The Labute approximate surface area is 76.7 Å². The Balaban J connectivity index is 2.82. The Kier molecular flexibility index (Phi) is 2.82. The van der Waals surface area contributed by atoms with Crippen LogP contribution in [0.25, 0.3) is 0 Å². The van der Waals surface area contributed by atoms with E-state index in [0.717, 1.165) is 0 Å². The Morgan fingerprint density at radius 2 is 2.17 bits per heavy atom. The molecule has 0 fully saturated rings. The van der Waals surface area contributed by atoms with Gasteiger partial charge in [-0.15, -0.1) is 0 Å². The summed E-state index contributed by atoms with van der Waals surface area (Å²) in [7, 11) is 0. The summed E-state index contributed by atoms with van der Waals surface area (Å²) in [5.74, 6) is -0.243. The van der Waals surface area contributed by atoms with Gasteiger partial charge in [-0.2, -0.15) is 0 Å². The number of rotatable bonds is 2. The molecule has 0 saturated heterocycles. The topological polar surface area (TPSA) is 29.1 Å². The molecule has 1 radical (unpaired) electrons. The van der Waals surface area contributed by atoms with Crippen molar-refractivity contribution in [3.05, 3.63) is 36.9 Å². The summed E-state index contributed by atoms with van der Waals surface area (Å²) < 4.78 is 0. The van der Waals surface area contributed by atoms with Gasteiger partial charge in [0.15, 0.2) is 0 Å². The van der Waals surface area contributed by atoms with Crippen LogP contribution in [0.15, 0.2) is 41.8 Å². The Morgan fingerprint density at radius 1 is 1.50 bits per heavy atom. The number of hydrogen-bond acceptors (Lipinski definition) is 1. The maximum absolute atomic E-state index is 10.9. The van der Waals surface area contributed by atoms with E-state index in [-0.39, 0.29) is 5.91 Å². The second kappa shape index (κ2) is 3.88. The molecule has 1 aromatic carbocycles. The largest absolute Gasteiger partial charge is 0.321 e. The maximum atomic E-state index is 10.9. The molecule has 0 atom stereocenters. The second-order valence-electron chi connectivity index (χ2n) is 2.19. The summed E-state index contributed by atoms with van der Waals surface area (Å²) in [4.78, 5) is 11.5. The highest BCUT2D eigenvalue weighted by atomic mass is 32.1. The summed E-state index contributed by atoms with van der Waals surface area (Å²) in [6, 6.07) is 7.15. The van der Waals surface area contributed by atoms with Crippen molar-refractivity contribution >= 4 is 24.2 Å². The summed E-state index contributed by atoms with van der Waals surface area (Å²) in [6.07, 6.45) is 1.21. The first-order valence-electron chi connectivity index (χ1n) is 3.43. The molecule has 0 unspecified atom stereocenters. The van der Waals surface area contributed by atoms with Crippen molar-refractivity contribution in [3.8, 4) is 0 Å². The lowest BCUT2D eigenvalue weighted by Crippen LogP contribution is -2.07. The molecular weight excluding hydrogens is 170 g/mol. The molecule has 12 heavy (non-hydrogen) atoms. The van der Waals surface area contributed by atoms with E-state index in [1.54, 1.807) is 12.1 Å². The number of carbonyl (C=O) groups is 1. The zero-order valence-corrected chi connectivity index (χ0v) is 7.23. The van der Waals surface area contributed by atoms with Crippen LogP contribution < -0.4 is 5.32 Å². The van der Waals surface area contributed by atoms with Gasteiger partial charge in [-0.3, -0.25) is 4.79 Å². The highest BCUT2D eigenvalue weighted by Crippen LogP contribution is 2.18. The molecule has 1 aromatic rings. The molecular formula is C9H8NOS. The van der Waals surface area contributed by atoms with Crippen molar-refractivity contribution in [2.24, 2.45) is 0 Å². The predicted molar refractivity (Wildman–Crippen MR) is 51.1 cm³/mol.